The third kappa shape index (κ3) is 4.97. The fourth-order valence-electron chi connectivity index (χ4n) is 2.85. The van der Waals surface area contributed by atoms with Gasteiger partial charge in [-0.05, 0) is 63.8 Å². The molecule has 1 aromatic carbocycles. The van der Waals surface area contributed by atoms with Crippen molar-refractivity contribution in [1.82, 2.24) is 9.27 Å². The minimum atomic E-state index is -0.116. The zero-order chi connectivity index (χ0) is 21.8. The number of hydrogen-bond acceptors (Lipinski definition) is 5. The Hall–Kier alpha value is -2.39. The Balaban J connectivity index is 2.36. The number of benzene rings is 1. The smallest absolute Gasteiger partial charge is 0.218 e. The van der Waals surface area contributed by atoms with E-state index in [0.29, 0.717) is 16.7 Å². The van der Waals surface area contributed by atoms with Crippen molar-refractivity contribution < 1.29 is 4.74 Å². The first-order valence-electron chi connectivity index (χ1n) is 10.1. The van der Waals surface area contributed by atoms with Gasteiger partial charge in [-0.1, -0.05) is 20.8 Å². The van der Waals surface area contributed by atoms with Gasteiger partial charge in [0, 0.05) is 30.0 Å². The Labute approximate surface area is 179 Å². The predicted octanol–water partition coefficient (Wildman–Crippen LogP) is 6.50. The molecule has 1 aromatic heterocycles. The molecule has 0 atom stereocenters. The van der Waals surface area contributed by atoms with E-state index in [9.17, 15) is 5.26 Å². The number of hydrogen-bond donors (Lipinski definition) is 0. The van der Waals surface area contributed by atoms with Crippen molar-refractivity contribution in [2.75, 3.05) is 7.05 Å². The van der Waals surface area contributed by atoms with Crippen LogP contribution in [0.15, 0.2) is 17.1 Å². The first-order valence-corrected chi connectivity index (χ1v) is 10.9. The van der Waals surface area contributed by atoms with Gasteiger partial charge in [0.25, 0.3) is 0 Å². The van der Waals surface area contributed by atoms with Crippen LogP contribution in [0, 0.1) is 25.2 Å². The second-order valence-corrected chi connectivity index (χ2v) is 8.82. The van der Waals surface area contributed by atoms with Gasteiger partial charge >= 0.3 is 0 Å². The van der Waals surface area contributed by atoms with Gasteiger partial charge in [0.15, 0.2) is 0 Å². The van der Waals surface area contributed by atoms with Gasteiger partial charge in [-0.15, -0.1) is 0 Å². The Morgan fingerprint density at radius 3 is 2.48 bits per heavy atom. The van der Waals surface area contributed by atoms with Gasteiger partial charge in [-0.3, -0.25) is 0 Å². The summed E-state index contributed by atoms with van der Waals surface area (Å²) in [6.45, 7) is 14.7. The summed E-state index contributed by atoms with van der Waals surface area (Å²) in [5.74, 6) is 0.736. The van der Waals surface area contributed by atoms with Crippen LogP contribution in [0.2, 0.25) is 0 Å². The van der Waals surface area contributed by atoms with Gasteiger partial charge in [-0.2, -0.15) is 9.64 Å². The first kappa shape index (κ1) is 22.9. The number of ether oxygens (including phenoxy) is 1. The maximum atomic E-state index is 9.77. The van der Waals surface area contributed by atoms with Crippen LogP contribution in [0.3, 0.4) is 0 Å². The minimum absolute atomic E-state index is 0.116. The fourth-order valence-corrected chi connectivity index (χ4v) is 3.70. The monoisotopic (exact) mass is 412 g/mol. The number of aryl methyl sites for hydroxylation is 2. The van der Waals surface area contributed by atoms with Crippen LogP contribution in [0.25, 0.3) is 0 Å². The molecular formula is C23H32N4OS. The third-order valence-corrected chi connectivity index (χ3v) is 6.52. The van der Waals surface area contributed by atoms with Crippen LogP contribution in [0.4, 0.5) is 5.69 Å². The topological polar surface area (TPSA) is 61.5 Å². The molecule has 0 amide bonds. The summed E-state index contributed by atoms with van der Waals surface area (Å²) >= 11 is 1.26. The van der Waals surface area contributed by atoms with Crippen LogP contribution >= 0.6 is 11.5 Å². The predicted molar refractivity (Wildman–Crippen MR) is 122 cm³/mol. The first-order chi connectivity index (χ1) is 13.7. The van der Waals surface area contributed by atoms with E-state index < -0.39 is 0 Å². The van der Waals surface area contributed by atoms with E-state index in [1.165, 1.54) is 11.5 Å². The van der Waals surface area contributed by atoms with Crippen molar-refractivity contribution in [3.63, 3.8) is 0 Å². The third-order valence-electron chi connectivity index (χ3n) is 5.79. The molecule has 0 bridgehead atoms. The lowest BCUT2D eigenvalue weighted by atomic mass is 9.80. The highest BCUT2D eigenvalue weighted by atomic mass is 32.1. The Kier molecular flexibility index (Phi) is 7.43. The highest BCUT2D eigenvalue weighted by Gasteiger charge is 2.31. The summed E-state index contributed by atoms with van der Waals surface area (Å²) in [6.07, 6.45) is 3.71. The molecular weight excluding hydrogens is 380 g/mol. The van der Waals surface area contributed by atoms with Gasteiger partial charge in [0.2, 0.25) is 5.06 Å². The molecule has 0 saturated carbocycles. The molecule has 1 heterocycles. The number of aliphatic imine (C=N–C) groups is 1. The van der Waals surface area contributed by atoms with Gasteiger partial charge in [-0.25, -0.2) is 4.99 Å². The van der Waals surface area contributed by atoms with Crippen LogP contribution in [-0.4, -0.2) is 28.7 Å². The molecule has 0 spiro atoms. The molecule has 29 heavy (non-hydrogen) atoms. The van der Waals surface area contributed by atoms with E-state index in [2.05, 4.69) is 55.0 Å². The minimum Gasteiger partial charge on any atom is -0.443 e. The molecule has 0 unspecified atom stereocenters. The SMILES string of the molecule is CCC(C)(CC)c1nsc(Oc2cc(C)c(/N=C\N(C)C(C)C)cc2C)c1C#N. The molecule has 0 saturated heterocycles. The summed E-state index contributed by atoms with van der Waals surface area (Å²) in [7, 11) is 2.01. The maximum absolute atomic E-state index is 9.77. The molecule has 0 aliphatic heterocycles. The number of rotatable bonds is 8. The molecule has 0 radical (unpaired) electrons. The summed E-state index contributed by atoms with van der Waals surface area (Å²) < 4.78 is 10.8. The second kappa shape index (κ2) is 9.41. The Morgan fingerprint density at radius 1 is 1.28 bits per heavy atom. The lowest BCUT2D eigenvalue weighted by Gasteiger charge is -2.24. The molecule has 0 aliphatic rings. The van der Waals surface area contributed by atoms with E-state index in [-0.39, 0.29) is 5.41 Å². The molecule has 156 valence electrons. The molecule has 6 heteroatoms. The molecule has 2 aromatic rings. The van der Waals surface area contributed by atoms with Crippen molar-refractivity contribution in [3.8, 4) is 16.9 Å². The highest BCUT2D eigenvalue weighted by Crippen LogP contribution is 2.41. The van der Waals surface area contributed by atoms with E-state index in [1.807, 2.05) is 39.4 Å². The van der Waals surface area contributed by atoms with E-state index in [1.54, 1.807) is 0 Å². The van der Waals surface area contributed by atoms with E-state index >= 15 is 0 Å². The zero-order valence-electron chi connectivity index (χ0n) is 18.8. The quantitative estimate of drug-likeness (QED) is 0.367. The normalized spacial score (nSPS) is 11.9. The molecule has 5 nitrogen and oxygen atoms in total. The molecule has 0 N–H and O–H groups in total. The Bertz CT molecular complexity index is 920. The average Bonchev–Trinajstić information content (AvgIpc) is 3.11. The van der Waals surface area contributed by atoms with Crippen LogP contribution in [0.5, 0.6) is 10.8 Å². The highest BCUT2D eigenvalue weighted by molar-refractivity contribution is 7.08. The van der Waals surface area contributed by atoms with Crippen LogP contribution in [-0.2, 0) is 5.41 Å². The van der Waals surface area contributed by atoms with E-state index in [4.69, 9.17) is 4.74 Å². The van der Waals surface area contributed by atoms with Crippen molar-refractivity contribution in [3.05, 3.63) is 34.5 Å². The summed E-state index contributed by atoms with van der Waals surface area (Å²) in [4.78, 5) is 6.68. The molecule has 0 fully saturated rings. The van der Waals surface area contributed by atoms with Crippen molar-refractivity contribution in [2.45, 2.75) is 72.8 Å². The van der Waals surface area contributed by atoms with Crippen molar-refractivity contribution in [1.29, 1.82) is 5.26 Å². The van der Waals surface area contributed by atoms with Crippen LogP contribution < -0.4 is 4.74 Å². The summed E-state index contributed by atoms with van der Waals surface area (Å²) in [6, 6.07) is 6.72. The average molecular weight is 413 g/mol. The number of nitriles is 1. The number of aromatic nitrogens is 1. The van der Waals surface area contributed by atoms with Gasteiger partial charge in [0.05, 0.1) is 17.7 Å². The fraction of sp³-hybridized carbons (Fsp3) is 0.522. The molecule has 2 rings (SSSR count). The van der Waals surface area contributed by atoms with Gasteiger partial charge in [0.1, 0.15) is 17.4 Å². The summed E-state index contributed by atoms with van der Waals surface area (Å²) in [5, 5.41) is 10.3. The second-order valence-electron chi connectivity index (χ2n) is 8.08. The maximum Gasteiger partial charge on any atom is 0.218 e. The largest absolute Gasteiger partial charge is 0.443 e. The number of nitrogens with zero attached hydrogens (tertiary/aromatic N) is 4. The molecule has 0 aliphatic carbocycles. The van der Waals surface area contributed by atoms with Crippen LogP contribution in [0.1, 0.15) is 69.8 Å². The lowest BCUT2D eigenvalue weighted by Crippen LogP contribution is -2.24. The lowest BCUT2D eigenvalue weighted by molar-refractivity contribution is 0.426. The Morgan fingerprint density at radius 2 is 1.93 bits per heavy atom. The van der Waals surface area contributed by atoms with Gasteiger partial charge < -0.3 is 9.64 Å². The zero-order valence-corrected chi connectivity index (χ0v) is 19.6. The summed E-state index contributed by atoms with van der Waals surface area (Å²) in [5.41, 5.74) is 4.19. The standard InChI is InChI=1S/C23H32N4OS/c1-9-23(7,10-2)21-18(13-24)22(29-26-21)28-20-12-16(5)19(11-17(20)6)25-14-27(8)15(3)4/h11-12,14-15H,9-10H2,1-8H3/b25-14-. The van der Waals surface area contributed by atoms with Crippen molar-refractivity contribution in [2.24, 2.45) is 4.99 Å². The van der Waals surface area contributed by atoms with Crippen molar-refractivity contribution >= 4 is 23.6 Å². The van der Waals surface area contributed by atoms with E-state index in [0.717, 1.165) is 41.1 Å².